The number of hydrogen-bond acceptors (Lipinski definition) is 5. The molecule has 0 aliphatic carbocycles. The van der Waals surface area contributed by atoms with Crippen molar-refractivity contribution in [3.05, 3.63) is 34.9 Å². The topological polar surface area (TPSA) is 75.7 Å². The predicted octanol–water partition coefficient (Wildman–Crippen LogP) is 1.93. The molecule has 2 saturated heterocycles. The molecule has 2 aliphatic rings. The number of nitrogens with one attached hydrogen (secondary N) is 1. The van der Waals surface area contributed by atoms with Crippen molar-refractivity contribution < 1.29 is 19.1 Å². The van der Waals surface area contributed by atoms with Crippen molar-refractivity contribution in [2.75, 3.05) is 13.7 Å². The zero-order valence-electron chi connectivity index (χ0n) is 14.4. The van der Waals surface area contributed by atoms with Gasteiger partial charge in [0.15, 0.2) is 0 Å². The average molecular weight is 365 g/mol. The van der Waals surface area contributed by atoms with E-state index in [-0.39, 0.29) is 11.8 Å². The van der Waals surface area contributed by atoms with Crippen LogP contribution in [-0.2, 0) is 19.1 Å². The van der Waals surface area contributed by atoms with Gasteiger partial charge in [-0.1, -0.05) is 30.7 Å². The Kier molecular flexibility index (Phi) is 4.60. The van der Waals surface area contributed by atoms with E-state index in [2.05, 4.69) is 5.32 Å². The molecule has 2 amide bonds. The molecule has 0 spiro atoms. The third kappa shape index (κ3) is 2.47. The van der Waals surface area contributed by atoms with E-state index in [4.69, 9.17) is 16.3 Å². The zero-order valence-corrected chi connectivity index (χ0v) is 15.2. The fraction of sp³-hybridized carbons (Fsp3) is 0.500. The lowest BCUT2D eigenvalue weighted by Gasteiger charge is -2.31. The van der Waals surface area contributed by atoms with Gasteiger partial charge >= 0.3 is 5.97 Å². The fourth-order valence-electron chi connectivity index (χ4n) is 4.17. The highest BCUT2D eigenvalue weighted by molar-refractivity contribution is 6.30. The van der Waals surface area contributed by atoms with Gasteiger partial charge in [-0.3, -0.25) is 24.6 Å². The molecule has 1 aromatic carbocycles. The molecular weight excluding hydrogens is 344 g/mol. The van der Waals surface area contributed by atoms with Crippen molar-refractivity contribution in [2.45, 2.75) is 31.8 Å². The number of rotatable bonds is 4. The van der Waals surface area contributed by atoms with Crippen LogP contribution in [0.1, 0.15) is 31.9 Å². The van der Waals surface area contributed by atoms with E-state index in [0.29, 0.717) is 18.0 Å². The SMILES string of the molecule is CCN1C(=O)[C@@H]2[C@H](c3ccc(Cl)cc3)N[C@](CC)(C(=O)OC)[C@H]2C1=O. The Hall–Kier alpha value is -1.92. The van der Waals surface area contributed by atoms with E-state index in [1.165, 1.54) is 12.0 Å². The average Bonchev–Trinajstić information content (AvgIpc) is 3.10. The van der Waals surface area contributed by atoms with Crippen LogP contribution in [0.2, 0.25) is 5.02 Å². The smallest absolute Gasteiger partial charge is 0.326 e. The number of methoxy groups -OCH3 is 1. The molecule has 2 heterocycles. The molecule has 0 aromatic heterocycles. The van der Waals surface area contributed by atoms with Crippen molar-refractivity contribution in [3.8, 4) is 0 Å². The summed E-state index contributed by atoms with van der Waals surface area (Å²) in [5.74, 6) is -2.47. The first kappa shape index (κ1) is 17.9. The van der Waals surface area contributed by atoms with Crippen molar-refractivity contribution >= 4 is 29.4 Å². The number of fused-ring (bicyclic) bond motifs is 1. The number of carbonyl (C=O) groups is 3. The molecule has 7 heteroatoms. The molecule has 0 saturated carbocycles. The van der Waals surface area contributed by atoms with Gasteiger partial charge in [0.25, 0.3) is 0 Å². The summed E-state index contributed by atoms with van der Waals surface area (Å²) in [6, 6.07) is 6.64. The monoisotopic (exact) mass is 364 g/mol. The predicted molar refractivity (Wildman–Crippen MR) is 91.7 cm³/mol. The maximum atomic E-state index is 12.9. The quantitative estimate of drug-likeness (QED) is 0.652. The zero-order chi connectivity index (χ0) is 18.4. The van der Waals surface area contributed by atoms with Gasteiger partial charge in [-0.25, -0.2) is 0 Å². The molecule has 1 N–H and O–H groups in total. The van der Waals surface area contributed by atoms with Crippen LogP contribution < -0.4 is 5.32 Å². The normalized spacial score (nSPS) is 31.4. The van der Waals surface area contributed by atoms with Gasteiger partial charge in [-0.15, -0.1) is 0 Å². The van der Waals surface area contributed by atoms with Gasteiger partial charge in [-0.05, 0) is 31.0 Å². The van der Waals surface area contributed by atoms with Gasteiger partial charge in [0, 0.05) is 17.6 Å². The molecule has 0 unspecified atom stereocenters. The number of hydrogen-bond donors (Lipinski definition) is 1. The summed E-state index contributed by atoms with van der Waals surface area (Å²) in [5.41, 5.74) is -0.391. The van der Waals surface area contributed by atoms with Crippen molar-refractivity contribution in [1.29, 1.82) is 0 Å². The minimum absolute atomic E-state index is 0.246. The lowest BCUT2D eigenvalue weighted by Crippen LogP contribution is -2.55. The lowest BCUT2D eigenvalue weighted by atomic mass is 9.78. The van der Waals surface area contributed by atoms with E-state index >= 15 is 0 Å². The van der Waals surface area contributed by atoms with Crippen LogP contribution in [0.4, 0.5) is 0 Å². The van der Waals surface area contributed by atoms with Gasteiger partial charge in [0.05, 0.1) is 18.9 Å². The summed E-state index contributed by atoms with van der Waals surface area (Å²) >= 11 is 5.96. The van der Waals surface area contributed by atoms with Crippen molar-refractivity contribution in [2.24, 2.45) is 11.8 Å². The molecule has 2 fully saturated rings. The summed E-state index contributed by atoms with van der Waals surface area (Å²) in [4.78, 5) is 39.6. The number of likely N-dealkylation sites (tertiary alicyclic amines) is 1. The van der Waals surface area contributed by atoms with Crippen molar-refractivity contribution in [3.63, 3.8) is 0 Å². The Morgan fingerprint density at radius 1 is 1.24 bits per heavy atom. The summed E-state index contributed by atoms with van der Waals surface area (Å²) in [7, 11) is 1.30. The number of halogens is 1. The van der Waals surface area contributed by atoms with E-state index in [0.717, 1.165) is 5.56 Å². The first-order valence-electron chi connectivity index (χ1n) is 8.38. The second-order valence-electron chi connectivity index (χ2n) is 6.41. The van der Waals surface area contributed by atoms with Gasteiger partial charge < -0.3 is 4.74 Å². The highest BCUT2D eigenvalue weighted by Crippen LogP contribution is 2.50. The van der Waals surface area contributed by atoms with Gasteiger partial charge in [0.1, 0.15) is 5.54 Å². The second-order valence-corrected chi connectivity index (χ2v) is 6.85. The largest absolute Gasteiger partial charge is 0.468 e. The van der Waals surface area contributed by atoms with Gasteiger partial charge in [0.2, 0.25) is 11.8 Å². The molecule has 0 radical (unpaired) electrons. The Morgan fingerprint density at radius 3 is 2.40 bits per heavy atom. The Balaban J connectivity index is 2.13. The Morgan fingerprint density at radius 2 is 1.88 bits per heavy atom. The van der Waals surface area contributed by atoms with Crippen LogP contribution in [0.5, 0.6) is 0 Å². The van der Waals surface area contributed by atoms with Crippen LogP contribution in [-0.4, -0.2) is 41.9 Å². The van der Waals surface area contributed by atoms with E-state index in [9.17, 15) is 14.4 Å². The van der Waals surface area contributed by atoms with Crippen LogP contribution in [0, 0.1) is 11.8 Å². The second kappa shape index (κ2) is 6.42. The van der Waals surface area contributed by atoms with Crippen LogP contribution in [0.3, 0.4) is 0 Å². The molecule has 134 valence electrons. The molecule has 2 aliphatic heterocycles. The molecule has 1 aromatic rings. The number of amides is 2. The summed E-state index contributed by atoms with van der Waals surface area (Å²) in [5, 5.41) is 3.84. The Bertz CT molecular complexity index is 720. The van der Waals surface area contributed by atoms with Crippen molar-refractivity contribution in [1.82, 2.24) is 10.2 Å². The minimum atomic E-state index is -1.21. The number of esters is 1. The highest BCUT2D eigenvalue weighted by Gasteiger charge is 2.67. The molecule has 6 nitrogen and oxygen atoms in total. The van der Waals surface area contributed by atoms with E-state index < -0.39 is 29.4 Å². The molecule has 4 atom stereocenters. The van der Waals surface area contributed by atoms with Crippen LogP contribution >= 0.6 is 11.6 Å². The lowest BCUT2D eigenvalue weighted by molar-refractivity contribution is -0.154. The third-order valence-electron chi connectivity index (χ3n) is 5.40. The minimum Gasteiger partial charge on any atom is -0.468 e. The number of ether oxygens (including phenoxy) is 1. The number of imide groups is 1. The Labute approximate surface area is 151 Å². The number of carbonyl (C=O) groups excluding carboxylic acids is 3. The highest BCUT2D eigenvalue weighted by atomic mass is 35.5. The standard InChI is InChI=1S/C18H21ClN2O4/c1-4-18(17(24)25-3)13-12(15(22)21(5-2)16(13)23)14(20-18)10-6-8-11(19)9-7-10/h6-9,12-14,20H,4-5H2,1-3H3/t12-,13+,14-,18-/m0/s1. The van der Waals surface area contributed by atoms with E-state index in [1.54, 1.807) is 19.1 Å². The third-order valence-corrected chi connectivity index (χ3v) is 5.65. The number of benzene rings is 1. The van der Waals surface area contributed by atoms with Gasteiger partial charge in [-0.2, -0.15) is 0 Å². The van der Waals surface area contributed by atoms with Crippen LogP contribution in [0.25, 0.3) is 0 Å². The number of nitrogens with zero attached hydrogens (tertiary/aromatic N) is 1. The summed E-state index contributed by atoms with van der Waals surface area (Å²) in [6.07, 6.45) is 0.349. The summed E-state index contributed by atoms with van der Waals surface area (Å²) in [6.45, 7) is 3.86. The maximum Gasteiger partial charge on any atom is 0.326 e. The molecular formula is C18H21ClN2O4. The summed E-state index contributed by atoms with van der Waals surface area (Å²) < 4.78 is 4.99. The molecule has 3 rings (SSSR count). The molecule has 0 bridgehead atoms. The first-order chi connectivity index (χ1) is 11.9. The first-order valence-corrected chi connectivity index (χ1v) is 8.75. The van der Waals surface area contributed by atoms with E-state index in [1.807, 2.05) is 19.1 Å². The fourth-order valence-corrected chi connectivity index (χ4v) is 4.29. The molecule has 25 heavy (non-hydrogen) atoms. The van der Waals surface area contributed by atoms with Crippen LogP contribution in [0.15, 0.2) is 24.3 Å². The maximum absolute atomic E-state index is 12.9.